The number of primary sulfonamides is 1. The molecule has 0 aliphatic carbocycles. The number of hydrogen-bond acceptors (Lipinski definition) is 7. The zero-order valence-corrected chi connectivity index (χ0v) is 16.1. The van der Waals surface area contributed by atoms with Crippen molar-refractivity contribution in [1.82, 2.24) is 0 Å². The number of esters is 1. The summed E-state index contributed by atoms with van der Waals surface area (Å²) in [5.41, 5.74) is 0.260. The minimum atomic E-state index is -4.02. The van der Waals surface area contributed by atoms with Crippen LogP contribution in [-0.4, -0.2) is 40.6 Å². The topological polar surface area (TPSA) is 134 Å². The molecular weight excluding hydrogens is 388 g/mol. The Labute approximate surface area is 162 Å². The molecule has 150 valence electrons. The van der Waals surface area contributed by atoms with Gasteiger partial charge < -0.3 is 19.5 Å². The molecule has 9 nitrogen and oxygen atoms in total. The molecule has 0 fully saturated rings. The summed E-state index contributed by atoms with van der Waals surface area (Å²) in [7, 11) is -2.72. The Bertz CT molecular complexity index is 974. The number of nitrogens with one attached hydrogen (secondary N) is 1. The monoisotopic (exact) mass is 408 g/mol. The van der Waals surface area contributed by atoms with E-state index in [0.717, 1.165) is 6.07 Å². The van der Waals surface area contributed by atoms with E-state index in [1.165, 1.54) is 19.2 Å². The summed E-state index contributed by atoms with van der Waals surface area (Å²) >= 11 is 0. The lowest BCUT2D eigenvalue weighted by atomic mass is 10.2. The van der Waals surface area contributed by atoms with Gasteiger partial charge in [0.1, 0.15) is 17.1 Å². The van der Waals surface area contributed by atoms with E-state index in [0.29, 0.717) is 18.0 Å². The fourth-order valence-electron chi connectivity index (χ4n) is 2.27. The lowest BCUT2D eigenvalue weighted by Gasteiger charge is -2.12. The number of sulfonamides is 1. The number of carbonyl (C=O) groups excluding carboxylic acids is 2. The largest absolute Gasteiger partial charge is 0.496 e. The smallest absolute Gasteiger partial charge is 0.342 e. The van der Waals surface area contributed by atoms with Crippen LogP contribution in [0.4, 0.5) is 5.69 Å². The molecule has 0 atom stereocenters. The number of anilines is 1. The highest BCUT2D eigenvalue weighted by Crippen LogP contribution is 2.24. The van der Waals surface area contributed by atoms with Crippen LogP contribution in [-0.2, 0) is 19.6 Å². The van der Waals surface area contributed by atoms with Crippen LogP contribution in [0.2, 0.25) is 0 Å². The van der Waals surface area contributed by atoms with Gasteiger partial charge in [0.15, 0.2) is 6.61 Å². The molecule has 0 aromatic heterocycles. The second kappa shape index (κ2) is 9.20. The summed E-state index contributed by atoms with van der Waals surface area (Å²) in [4.78, 5) is 24.1. The average Bonchev–Trinajstić information content (AvgIpc) is 2.66. The van der Waals surface area contributed by atoms with Crippen molar-refractivity contribution >= 4 is 27.6 Å². The quantitative estimate of drug-likeness (QED) is 0.633. The van der Waals surface area contributed by atoms with Crippen LogP contribution in [0.5, 0.6) is 11.5 Å². The van der Waals surface area contributed by atoms with Crippen LogP contribution < -0.4 is 19.9 Å². The zero-order chi connectivity index (χ0) is 20.7. The first-order valence-electron chi connectivity index (χ1n) is 8.16. The second-order valence-electron chi connectivity index (χ2n) is 5.46. The number of nitrogens with two attached hydrogens (primary N) is 1. The number of rotatable bonds is 8. The van der Waals surface area contributed by atoms with E-state index in [4.69, 9.17) is 19.3 Å². The molecule has 2 aromatic carbocycles. The Morgan fingerprint density at radius 3 is 2.46 bits per heavy atom. The van der Waals surface area contributed by atoms with Crippen molar-refractivity contribution in [3.63, 3.8) is 0 Å². The Kier molecular flexibility index (Phi) is 6.96. The van der Waals surface area contributed by atoms with Gasteiger partial charge in [0, 0.05) is 0 Å². The lowest BCUT2D eigenvalue weighted by molar-refractivity contribution is -0.119. The summed E-state index contributed by atoms with van der Waals surface area (Å²) in [6.07, 6.45) is 0. The van der Waals surface area contributed by atoms with Gasteiger partial charge in [-0.15, -0.1) is 0 Å². The first-order valence-corrected chi connectivity index (χ1v) is 9.70. The van der Waals surface area contributed by atoms with Gasteiger partial charge in [-0.05, 0) is 37.3 Å². The Hall–Kier alpha value is -3.11. The maximum atomic E-state index is 12.3. The van der Waals surface area contributed by atoms with Crippen LogP contribution in [0, 0.1) is 0 Å². The van der Waals surface area contributed by atoms with Gasteiger partial charge in [-0.25, -0.2) is 18.4 Å². The van der Waals surface area contributed by atoms with E-state index in [1.54, 1.807) is 24.3 Å². The average molecular weight is 408 g/mol. The maximum absolute atomic E-state index is 12.3. The van der Waals surface area contributed by atoms with Crippen molar-refractivity contribution in [2.24, 2.45) is 5.14 Å². The number of para-hydroxylation sites is 2. The van der Waals surface area contributed by atoms with Gasteiger partial charge >= 0.3 is 5.97 Å². The first kappa shape index (κ1) is 21.2. The Morgan fingerprint density at radius 1 is 1.11 bits per heavy atom. The zero-order valence-electron chi connectivity index (χ0n) is 15.3. The maximum Gasteiger partial charge on any atom is 0.342 e. The number of amides is 1. The van der Waals surface area contributed by atoms with E-state index >= 15 is 0 Å². The molecule has 0 saturated carbocycles. The second-order valence-corrected chi connectivity index (χ2v) is 7.02. The van der Waals surface area contributed by atoms with Crippen LogP contribution in [0.1, 0.15) is 17.3 Å². The molecule has 3 N–H and O–H groups in total. The molecule has 0 heterocycles. The first-order chi connectivity index (χ1) is 13.3. The minimum Gasteiger partial charge on any atom is -0.496 e. The fraction of sp³-hybridized carbons (Fsp3) is 0.222. The molecule has 0 saturated heterocycles. The van der Waals surface area contributed by atoms with Crippen LogP contribution >= 0.6 is 0 Å². The summed E-state index contributed by atoms with van der Waals surface area (Å²) in [5, 5.41) is 7.65. The van der Waals surface area contributed by atoms with E-state index in [9.17, 15) is 18.0 Å². The highest BCUT2D eigenvalue weighted by Gasteiger charge is 2.19. The molecule has 2 aromatic rings. The summed E-state index contributed by atoms with van der Waals surface area (Å²) in [6.45, 7) is 1.63. The molecule has 0 radical (unpaired) electrons. The van der Waals surface area contributed by atoms with Gasteiger partial charge in [-0.3, -0.25) is 4.79 Å². The number of hydrogen-bond donors (Lipinski definition) is 2. The predicted octanol–water partition coefficient (Wildman–Crippen LogP) is 1.54. The van der Waals surface area contributed by atoms with Gasteiger partial charge in [-0.1, -0.05) is 12.1 Å². The molecule has 1 amide bonds. The highest BCUT2D eigenvalue weighted by molar-refractivity contribution is 7.89. The van der Waals surface area contributed by atoms with E-state index in [2.05, 4.69) is 5.32 Å². The Balaban J connectivity index is 2.09. The molecule has 0 bridgehead atoms. The number of carbonyl (C=O) groups is 2. The third-order valence-electron chi connectivity index (χ3n) is 3.51. The van der Waals surface area contributed by atoms with Crippen LogP contribution in [0.25, 0.3) is 0 Å². The van der Waals surface area contributed by atoms with Crippen LogP contribution in [0.3, 0.4) is 0 Å². The van der Waals surface area contributed by atoms with E-state index in [1.807, 2.05) is 6.92 Å². The molecule has 0 spiro atoms. The SMILES string of the molecule is CCOc1ccccc1NC(=O)COC(=O)c1cc(S(N)(=O)=O)ccc1OC. The third kappa shape index (κ3) is 5.44. The molecular formula is C18H20N2O7S. The molecule has 10 heteroatoms. The fourth-order valence-corrected chi connectivity index (χ4v) is 2.81. The summed E-state index contributed by atoms with van der Waals surface area (Å²) in [6, 6.07) is 10.3. The molecule has 0 aliphatic heterocycles. The summed E-state index contributed by atoms with van der Waals surface area (Å²) in [5.74, 6) is -0.968. The van der Waals surface area contributed by atoms with Crippen molar-refractivity contribution in [2.45, 2.75) is 11.8 Å². The molecule has 0 aliphatic rings. The number of ether oxygens (including phenoxy) is 3. The van der Waals surface area contributed by atoms with Gasteiger partial charge in [0.25, 0.3) is 5.91 Å². The van der Waals surface area contributed by atoms with E-state index in [-0.39, 0.29) is 16.2 Å². The summed E-state index contributed by atoms with van der Waals surface area (Å²) < 4.78 is 38.3. The normalized spacial score (nSPS) is 10.8. The van der Waals surface area contributed by atoms with Crippen molar-refractivity contribution in [2.75, 3.05) is 25.6 Å². The third-order valence-corrected chi connectivity index (χ3v) is 4.43. The van der Waals surface area contributed by atoms with Crippen molar-refractivity contribution < 1.29 is 32.2 Å². The van der Waals surface area contributed by atoms with E-state index < -0.39 is 28.5 Å². The predicted molar refractivity (Wildman–Crippen MR) is 101 cm³/mol. The van der Waals surface area contributed by atoms with Gasteiger partial charge in [0.05, 0.1) is 24.3 Å². The van der Waals surface area contributed by atoms with Crippen LogP contribution in [0.15, 0.2) is 47.4 Å². The molecule has 0 unspecified atom stereocenters. The molecule has 2 rings (SSSR count). The number of benzene rings is 2. The van der Waals surface area contributed by atoms with Gasteiger partial charge in [-0.2, -0.15) is 0 Å². The molecule has 28 heavy (non-hydrogen) atoms. The minimum absolute atomic E-state index is 0.0829. The van der Waals surface area contributed by atoms with Crippen molar-refractivity contribution in [3.05, 3.63) is 48.0 Å². The van der Waals surface area contributed by atoms with Gasteiger partial charge in [0.2, 0.25) is 10.0 Å². The standard InChI is InChI=1S/C18H20N2O7S/c1-3-26-16-7-5-4-6-14(16)20-17(21)11-27-18(22)13-10-12(28(19,23)24)8-9-15(13)25-2/h4-10H,3,11H2,1-2H3,(H,20,21)(H2,19,23,24). The van der Waals surface area contributed by atoms with Crippen molar-refractivity contribution in [3.8, 4) is 11.5 Å². The van der Waals surface area contributed by atoms with Crippen molar-refractivity contribution in [1.29, 1.82) is 0 Å². The highest BCUT2D eigenvalue weighted by atomic mass is 32.2. The lowest BCUT2D eigenvalue weighted by Crippen LogP contribution is -2.22. The number of methoxy groups -OCH3 is 1. The Morgan fingerprint density at radius 2 is 1.82 bits per heavy atom.